The number of hydrogen-bond donors (Lipinski definition) is 2. The van der Waals surface area contributed by atoms with E-state index in [9.17, 15) is 0 Å². The van der Waals surface area contributed by atoms with E-state index < -0.39 is 0 Å². The van der Waals surface area contributed by atoms with Crippen molar-refractivity contribution in [3.8, 4) is 6.07 Å². The molecule has 0 saturated heterocycles. The Morgan fingerprint density at radius 2 is 2.00 bits per heavy atom. The number of nitrogens with zero attached hydrogens (tertiary/aromatic N) is 1. The Morgan fingerprint density at radius 3 is 2.00 bits per heavy atom. The summed E-state index contributed by atoms with van der Waals surface area (Å²) >= 11 is 7.36. The van der Waals surface area contributed by atoms with E-state index >= 15 is 0 Å². The second-order valence-electron chi connectivity index (χ2n) is 0.632. The fourth-order valence-electron chi connectivity index (χ4n) is 0.0577. The third kappa shape index (κ3) is 10.9. The molecule has 0 N–H and O–H groups in total. The minimum atomic E-state index is 0. The van der Waals surface area contributed by atoms with E-state index in [0.717, 1.165) is 0 Å². The standard InChI is InChI=1S/C3H3NS2.Na.H/c4-2-1-3(5)6;;/h1,5-6H;;. The van der Waals surface area contributed by atoms with Crippen molar-refractivity contribution in [1.82, 2.24) is 0 Å². The summed E-state index contributed by atoms with van der Waals surface area (Å²) in [5, 5.41) is 7.81. The molecule has 0 atom stereocenters. The molecular weight excluding hydrogens is 137 g/mol. The molecule has 0 rings (SSSR count). The molecule has 0 radical (unpaired) electrons. The second-order valence-corrected chi connectivity index (χ2v) is 1.95. The summed E-state index contributed by atoms with van der Waals surface area (Å²) in [7, 11) is 0. The maximum atomic E-state index is 7.81. The molecule has 0 fully saturated rings. The summed E-state index contributed by atoms with van der Waals surface area (Å²) in [6.07, 6.45) is 1.24. The van der Waals surface area contributed by atoms with Crippen molar-refractivity contribution >= 4 is 54.8 Å². The van der Waals surface area contributed by atoms with Crippen LogP contribution in [-0.2, 0) is 0 Å². The average molecular weight is 141 g/mol. The van der Waals surface area contributed by atoms with Crippen LogP contribution in [0.25, 0.3) is 0 Å². The van der Waals surface area contributed by atoms with Crippen molar-refractivity contribution in [2.45, 2.75) is 0 Å². The molecule has 0 aliphatic heterocycles. The number of hydrogen-bond acceptors (Lipinski definition) is 3. The van der Waals surface area contributed by atoms with Crippen molar-refractivity contribution < 1.29 is 0 Å². The van der Waals surface area contributed by atoms with Crippen LogP contribution in [-0.4, -0.2) is 29.6 Å². The van der Waals surface area contributed by atoms with Gasteiger partial charge in [-0.1, -0.05) is 0 Å². The van der Waals surface area contributed by atoms with Gasteiger partial charge >= 0.3 is 29.6 Å². The zero-order valence-corrected chi connectivity index (χ0v) is 4.71. The monoisotopic (exact) mass is 141 g/mol. The molecule has 0 aliphatic rings. The van der Waals surface area contributed by atoms with Crippen LogP contribution in [0.4, 0.5) is 0 Å². The molecule has 1 nitrogen and oxygen atoms in total. The van der Waals surface area contributed by atoms with E-state index in [1.807, 2.05) is 0 Å². The van der Waals surface area contributed by atoms with Crippen LogP contribution in [0.5, 0.6) is 0 Å². The maximum absolute atomic E-state index is 7.81. The first-order chi connectivity index (χ1) is 2.77. The van der Waals surface area contributed by atoms with Crippen LogP contribution in [0.2, 0.25) is 0 Å². The summed E-state index contributed by atoms with van der Waals surface area (Å²) in [5.74, 6) is 0. The van der Waals surface area contributed by atoms with Gasteiger partial charge in [-0.15, -0.1) is 25.3 Å². The number of nitriles is 1. The van der Waals surface area contributed by atoms with E-state index in [1.54, 1.807) is 6.07 Å². The molecule has 34 valence electrons. The Labute approximate surface area is 75.9 Å². The summed E-state index contributed by atoms with van der Waals surface area (Å²) in [4.78, 5) is 0. The van der Waals surface area contributed by atoms with Crippen molar-refractivity contribution in [2.24, 2.45) is 0 Å². The number of allylic oxidation sites excluding steroid dienone is 1. The topological polar surface area (TPSA) is 23.8 Å². The van der Waals surface area contributed by atoms with Crippen LogP contribution in [0.1, 0.15) is 0 Å². The zero-order chi connectivity index (χ0) is 4.99. The van der Waals surface area contributed by atoms with E-state index in [0.29, 0.717) is 4.24 Å². The van der Waals surface area contributed by atoms with E-state index in [-0.39, 0.29) is 29.6 Å². The quantitative estimate of drug-likeness (QED) is 0.287. The molecule has 0 aromatic rings. The molecule has 0 amide bonds. The first-order valence-electron chi connectivity index (χ1n) is 1.25. The van der Waals surface area contributed by atoms with Crippen molar-refractivity contribution in [3.63, 3.8) is 0 Å². The van der Waals surface area contributed by atoms with E-state index in [4.69, 9.17) is 5.26 Å². The van der Waals surface area contributed by atoms with Crippen LogP contribution < -0.4 is 0 Å². The Hall–Kier alpha value is 0.930. The molecule has 7 heavy (non-hydrogen) atoms. The fraction of sp³-hybridized carbons (Fsp3) is 0. The summed E-state index contributed by atoms with van der Waals surface area (Å²) in [5.41, 5.74) is 0. The molecule has 0 aliphatic carbocycles. The molecule has 0 heterocycles. The van der Waals surface area contributed by atoms with E-state index in [1.165, 1.54) is 6.08 Å². The van der Waals surface area contributed by atoms with Gasteiger partial charge in [0.15, 0.2) is 0 Å². The van der Waals surface area contributed by atoms with Crippen molar-refractivity contribution in [2.75, 3.05) is 0 Å². The van der Waals surface area contributed by atoms with Gasteiger partial charge in [0.25, 0.3) is 0 Å². The van der Waals surface area contributed by atoms with Crippen LogP contribution in [0, 0.1) is 11.3 Å². The van der Waals surface area contributed by atoms with Crippen LogP contribution in [0.3, 0.4) is 0 Å². The molecular formula is C3H4NNaS2. The van der Waals surface area contributed by atoms with Gasteiger partial charge < -0.3 is 0 Å². The van der Waals surface area contributed by atoms with Crippen molar-refractivity contribution in [3.05, 3.63) is 10.3 Å². The van der Waals surface area contributed by atoms with Crippen molar-refractivity contribution in [1.29, 1.82) is 5.26 Å². The molecule has 0 bridgehead atoms. The van der Waals surface area contributed by atoms with E-state index in [2.05, 4.69) is 25.3 Å². The average Bonchev–Trinajstić information content (AvgIpc) is 1.35. The third-order valence-corrected chi connectivity index (χ3v) is 0.452. The van der Waals surface area contributed by atoms with Crippen LogP contribution >= 0.6 is 25.3 Å². The first kappa shape index (κ1) is 10.8. The fourth-order valence-corrected chi connectivity index (χ4v) is 0.173. The molecule has 0 saturated carbocycles. The SMILES string of the molecule is N#CC=C(S)S.[NaH]. The summed E-state index contributed by atoms with van der Waals surface area (Å²) in [6.45, 7) is 0. The first-order valence-corrected chi connectivity index (χ1v) is 2.14. The molecule has 0 spiro atoms. The summed E-state index contributed by atoms with van der Waals surface area (Å²) in [6, 6.07) is 1.75. The molecule has 4 heteroatoms. The zero-order valence-electron chi connectivity index (χ0n) is 2.92. The Balaban J connectivity index is 0. The van der Waals surface area contributed by atoms with Gasteiger partial charge in [0.05, 0.1) is 6.07 Å². The van der Waals surface area contributed by atoms with Gasteiger partial charge in [-0.25, -0.2) is 0 Å². The molecule has 0 aromatic heterocycles. The van der Waals surface area contributed by atoms with Gasteiger partial charge in [0.1, 0.15) is 0 Å². The van der Waals surface area contributed by atoms with Gasteiger partial charge in [0, 0.05) is 10.3 Å². The predicted octanol–water partition coefficient (Wildman–Crippen LogP) is 0.562. The Morgan fingerprint density at radius 1 is 1.57 bits per heavy atom. The second kappa shape index (κ2) is 6.93. The van der Waals surface area contributed by atoms with Gasteiger partial charge in [-0.05, 0) is 0 Å². The Kier molecular flexibility index (Phi) is 10.7. The molecule has 0 unspecified atom stereocenters. The normalized spacial score (nSPS) is 5.29. The molecule has 0 aromatic carbocycles. The Bertz CT molecular complexity index is 100.0. The number of rotatable bonds is 0. The van der Waals surface area contributed by atoms with Gasteiger partial charge in [-0.3, -0.25) is 0 Å². The summed E-state index contributed by atoms with van der Waals surface area (Å²) < 4.78 is 0.442. The van der Waals surface area contributed by atoms with Crippen LogP contribution in [0.15, 0.2) is 10.3 Å². The number of thiol groups is 2. The minimum absolute atomic E-state index is 0. The van der Waals surface area contributed by atoms with Gasteiger partial charge in [0.2, 0.25) is 0 Å². The predicted molar refractivity (Wildman–Crippen MR) is 38.8 cm³/mol. The van der Waals surface area contributed by atoms with Gasteiger partial charge in [-0.2, -0.15) is 5.26 Å². The third-order valence-electron chi connectivity index (χ3n) is 0.194.